The molecule has 1 aromatic heterocycles. The highest BCUT2D eigenvalue weighted by molar-refractivity contribution is 8.08. The molecule has 0 bridgehead atoms. The third kappa shape index (κ3) is 2.83. The van der Waals surface area contributed by atoms with Crippen LogP contribution in [0.4, 0.5) is 5.69 Å². The van der Waals surface area contributed by atoms with E-state index in [9.17, 15) is 4.79 Å². The molecule has 4 nitrogen and oxygen atoms in total. The lowest BCUT2D eigenvalue weighted by Gasteiger charge is -2.22. The van der Waals surface area contributed by atoms with Gasteiger partial charge in [0, 0.05) is 25.5 Å². The lowest BCUT2D eigenvalue weighted by atomic mass is 10.2. The number of nitrogens with zero attached hydrogens (tertiary/aromatic N) is 3. The summed E-state index contributed by atoms with van der Waals surface area (Å²) in [6.45, 7) is 2.70. The Hall–Kier alpha value is -2.18. The van der Waals surface area contributed by atoms with Crippen LogP contribution in [0.2, 0.25) is 0 Å². The molecule has 134 valence electrons. The number of fused-ring (bicyclic) bond motifs is 1. The molecule has 0 N–H and O–H groups in total. The van der Waals surface area contributed by atoms with E-state index < -0.39 is 0 Å². The zero-order chi connectivity index (χ0) is 18.3. The van der Waals surface area contributed by atoms with Gasteiger partial charge in [-0.25, -0.2) is 0 Å². The van der Waals surface area contributed by atoms with Crippen LogP contribution >= 0.6 is 23.1 Å². The fourth-order valence-electron chi connectivity index (χ4n) is 3.20. The number of anilines is 1. The van der Waals surface area contributed by atoms with Gasteiger partial charge in [-0.3, -0.25) is 9.36 Å². The van der Waals surface area contributed by atoms with Crippen molar-refractivity contribution in [2.24, 2.45) is 0 Å². The van der Waals surface area contributed by atoms with Crippen LogP contribution in [0, 0.1) is 0 Å². The first-order valence-electron chi connectivity index (χ1n) is 8.63. The average Bonchev–Trinajstić information content (AvgIpc) is 3.14. The molecule has 4 rings (SSSR count). The van der Waals surface area contributed by atoms with Crippen LogP contribution in [0.15, 0.2) is 58.4 Å². The molecule has 0 aliphatic carbocycles. The first-order chi connectivity index (χ1) is 12.6. The van der Waals surface area contributed by atoms with E-state index in [1.807, 2.05) is 36.7 Å². The van der Waals surface area contributed by atoms with E-state index in [1.165, 1.54) is 4.90 Å². The number of rotatable bonds is 2. The van der Waals surface area contributed by atoms with Crippen LogP contribution in [0.25, 0.3) is 11.1 Å². The second-order valence-corrected chi connectivity index (χ2v) is 8.36. The van der Waals surface area contributed by atoms with E-state index in [4.69, 9.17) is 0 Å². The summed E-state index contributed by atoms with van der Waals surface area (Å²) in [7, 11) is 4.09. The standard InChI is InChI=1S/C20H21N3OS2/c1-4-23-17(13-14-9-7-8-12-21(14)2)26-18(19(23)24)20-22(3)15-10-5-6-11-16(15)25-20/h5-14H,4H2,1-3H3. The molecule has 0 radical (unpaired) electrons. The van der Waals surface area contributed by atoms with Crippen LogP contribution < -0.4 is 19.7 Å². The Morgan fingerprint density at radius 2 is 2.00 bits per heavy atom. The lowest BCUT2D eigenvalue weighted by Crippen LogP contribution is -2.34. The molecule has 0 amide bonds. The number of thiazole rings is 1. The molecule has 2 aliphatic rings. The topological polar surface area (TPSA) is 28.5 Å². The van der Waals surface area contributed by atoms with Gasteiger partial charge in [0.25, 0.3) is 5.56 Å². The lowest BCUT2D eigenvalue weighted by molar-refractivity contribution is 0.448. The predicted octanol–water partition coefficient (Wildman–Crippen LogP) is 2.40. The van der Waals surface area contributed by atoms with Crippen molar-refractivity contribution >= 4 is 39.9 Å². The van der Waals surface area contributed by atoms with Crippen molar-refractivity contribution in [2.45, 2.75) is 24.4 Å². The fourth-order valence-corrected chi connectivity index (χ4v) is 5.69. The summed E-state index contributed by atoms with van der Waals surface area (Å²) < 4.78 is 3.71. The molecule has 0 fully saturated rings. The van der Waals surface area contributed by atoms with Crippen molar-refractivity contribution in [1.29, 1.82) is 0 Å². The summed E-state index contributed by atoms with van der Waals surface area (Å²) in [6, 6.07) is 8.45. The van der Waals surface area contributed by atoms with Gasteiger partial charge in [-0.1, -0.05) is 36.0 Å². The van der Waals surface area contributed by atoms with E-state index in [0.717, 1.165) is 19.9 Å². The highest BCUT2D eigenvalue weighted by atomic mass is 32.2. The molecular weight excluding hydrogens is 362 g/mol. The normalized spacial score (nSPS) is 21.7. The zero-order valence-electron chi connectivity index (χ0n) is 15.0. The van der Waals surface area contributed by atoms with E-state index in [-0.39, 0.29) is 11.6 Å². The molecule has 3 heterocycles. The molecule has 1 unspecified atom stereocenters. The Bertz CT molecular complexity index is 1080. The number of hydrogen-bond donors (Lipinski definition) is 0. The van der Waals surface area contributed by atoms with Gasteiger partial charge in [0.05, 0.1) is 16.4 Å². The third-order valence-electron chi connectivity index (χ3n) is 4.68. The second kappa shape index (κ2) is 6.85. The first kappa shape index (κ1) is 17.2. The van der Waals surface area contributed by atoms with Crippen molar-refractivity contribution < 1.29 is 0 Å². The smallest absolute Gasteiger partial charge is 0.271 e. The van der Waals surface area contributed by atoms with Gasteiger partial charge in [-0.05, 0) is 37.4 Å². The Morgan fingerprint density at radius 1 is 1.19 bits per heavy atom. The van der Waals surface area contributed by atoms with Crippen LogP contribution in [0.3, 0.4) is 0 Å². The molecular formula is C20H21N3OS2. The Labute approximate surface area is 161 Å². The maximum absolute atomic E-state index is 13.1. The van der Waals surface area contributed by atoms with Crippen molar-refractivity contribution in [2.75, 3.05) is 19.0 Å². The summed E-state index contributed by atoms with van der Waals surface area (Å²) in [6.07, 6.45) is 10.4. The summed E-state index contributed by atoms with van der Waals surface area (Å²) in [4.78, 5) is 18.5. The number of benzene rings is 1. The van der Waals surface area contributed by atoms with Crippen LogP contribution in [0.1, 0.15) is 6.92 Å². The minimum atomic E-state index is 0.101. The van der Waals surface area contributed by atoms with Crippen molar-refractivity contribution in [3.63, 3.8) is 0 Å². The molecule has 26 heavy (non-hydrogen) atoms. The van der Waals surface area contributed by atoms with E-state index in [0.29, 0.717) is 6.54 Å². The summed E-state index contributed by atoms with van der Waals surface area (Å²) in [5, 5.41) is 1.02. The first-order valence-corrected chi connectivity index (χ1v) is 10.3. The van der Waals surface area contributed by atoms with Crippen molar-refractivity contribution in [3.8, 4) is 0 Å². The van der Waals surface area contributed by atoms with Crippen LogP contribution in [-0.2, 0) is 6.54 Å². The number of thioether (sulfide) groups is 1. The number of likely N-dealkylation sites (N-methyl/N-ethyl adjacent to an activating group) is 1. The molecule has 0 saturated heterocycles. The SMILES string of the molecule is CCn1c(=CC2C=CC=CN2C)sc(=C2Sc3ccccc3N2C)c1=O. The van der Waals surface area contributed by atoms with Crippen molar-refractivity contribution in [1.82, 2.24) is 9.47 Å². The number of para-hydroxylation sites is 1. The number of hydrogen-bond acceptors (Lipinski definition) is 5. The monoisotopic (exact) mass is 383 g/mol. The maximum atomic E-state index is 13.1. The van der Waals surface area contributed by atoms with E-state index in [1.54, 1.807) is 23.1 Å². The average molecular weight is 384 g/mol. The Morgan fingerprint density at radius 3 is 2.73 bits per heavy atom. The minimum absolute atomic E-state index is 0.101. The Kier molecular flexibility index (Phi) is 4.54. The number of allylic oxidation sites excluding steroid dienone is 2. The van der Waals surface area contributed by atoms with Crippen LogP contribution in [0.5, 0.6) is 0 Å². The van der Waals surface area contributed by atoms with Gasteiger partial charge in [0.2, 0.25) is 0 Å². The summed E-state index contributed by atoms with van der Waals surface area (Å²) in [5.41, 5.74) is 1.26. The predicted molar refractivity (Wildman–Crippen MR) is 112 cm³/mol. The quantitative estimate of drug-likeness (QED) is 0.796. The van der Waals surface area contributed by atoms with E-state index in [2.05, 4.69) is 53.4 Å². The largest absolute Gasteiger partial charge is 0.370 e. The molecule has 1 atom stereocenters. The summed E-state index contributed by atoms with van der Waals surface area (Å²) in [5.74, 6) is 0. The highest BCUT2D eigenvalue weighted by Crippen LogP contribution is 2.44. The fraction of sp³-hybridized carbons (Fsp3) is 0.250. The summed E-state index contributed by atoms with van der Waals surface area (Å²) >= 11 is 3.27. The number of aromatic nitrogens is 1. The molecule has 2 aromatic rings. The van der Waals surface area contributed by atoms with E-state index >= 15 is 0 Å². The van der Waals surface area contributed by atoms with Gasteiger partial charge in [-0.2, -0.15) is 0 Å². The molecule has 2 aliphatic heterocycles. The van der Waals surface area contributed by atoms with Crippen LogP contribution in [-0.4, -0.2) is 29.6 Å². The molecule has 1 aromatic carbocycles. The second-order valence-electron chi connectivity index (χ2n) is 6.30. The molecule has 0 saturated carbocycles. The van der Waals surface area contributed by atoms with Gasteiger partial charge >= 0.3 is 0 Å². The molecule has 0 spiro atoms. The Balaban J connectivity index is 1.88. The van der Waals surface area contributed by atoms with Gasteiger partial charge < -0.3 is 9.80 Å². The maximum Gasteiger partial charge on any atom is 0.271 e. The molecule has 6 heteroatoms. The zero-order valence-corrected chi connectivity index (χ0v) is 16.7. The highest BCUT2D eigenvalue weighted by Gasteiger charge is 2.24. The minimum Gasteiger partial charge on any atom is -0.370 e. The van der Waals surface area contributed by atoms with Crippen molar-refractivity contribution in [3.05, 3.63) is 68.2 Å². The third-order valence-corrected chi connectivity index (χ3v) is 7.19. The van der Waals surface area contributed by atoms with Gasteiger partial charge in [0.15, 0.2) is 0 Å². The van der Waals surface area contributed by atoms with Gasteiger partial charge in [0.1, 0.15) is 9.56 Å². The van der Waals surface area contributed by atoms with Gasteiger partial charge in [-0.15, -0.1) is 11.3 Å².